The number of nitrogens with zero attached hydrogens (tertiary/aromatic N) is 3. The molecule has 0 fully saturated rings. The number of amides is 1. The minimum atomic E-state index is -0.0183. The van der Waals surface area contributed by atoms with Crippen LogP contribution in [-0.4, -0.2) is 26.4 Å². The van der Waals surface area contributed by atoms with Crippen molar-refractivity contribution in [1.82, 2.24) is 20.1 Å². The monoisotopic (exact) mass is 400 g/mol. The fourth-order valence-electron chi connectivity index (χ4n) is 3.02. The van der Waals surface area contributed by atoms with Gasteiger partial charge in [-0.15, -0.1) is 21.5 Å². The van der Waals surface area contributed by atoms with Crippen molar-refractivity contribution >= 4 is 29.0 Å². The molecular weight excluding hydrogens is 376 g/mol. The van der Waals surface area contributed by atoms with E-state index in [1.807, 2.05) is 48.9 Å². The summed E-state index contributed by atoms with van der Waals surface area (Å²) in [7, 11) is 1.95. The molecule has 1 unspecified atom stereocenters. The van der Waals surface area contributed by atoms with Crippen molar-refractivity contribution in [3.63, 3.8) is 0 Å². The summed E-state index contributed by atoms with van der Waals surface area (Å²) in [6.07, 6.45) is 0.972. The van der Waals surface area contributed by atoms with E-state index in [4.69, 9.17) is 0 Å². The van der Waals surface area contributed by atoms with E-state index in [0.717, 1.165) is 28.5 Å². The maximum Gasteiger partial charge on any atom is 0.230 e. The highest BCUT2D eigenvalue weighted by Crippen LogP contribution is 2.31. The van der Waals surface area contributed by atoms with E-state index in [-0.39, 0.29) is 11.9 Å². The van der Waals surface area contributed by atoms with Crippen LogP contribution < -0.4 is 5.32 Å². The smallest absolute Gasteiger partial charge is 0.230 e. The minimum Gasteiger partial charge on any atom is -0.349 e. The number of nitrogens with one attached hydrogen (secondary N) is 1. The molecule has 1 atom stereocenters. The molecule has 0 saturated heterocycles. The zero-order chi connectivity index (χ0) is 19.4. The van der Waals surface area contributed by atoms with E-state index in [2.05, 4.69) is 34.7 Å². The Morgan fingerprint density at radius 2 is 2.04 bits per heavy atom. The van der Waals surface area contributed by atoms with Crippen molar-refractivity contribution in [2.45, 2.75) is 38.4 Å². The summed E-state index contributed by atoms with van der Waals surface area (Å²) in [5.41, 5.74) is 3.56. The molecule has 0 aliphatic carbocycles. The first-order valence-electron chi connectivity index (χ1n) is 8.95. The van der Waals surface area contributed by atoms with Crippen molar-refractivity contribution in [2.24, 2.45) is 7.05 Å². The van der Waals surface area contributed by atoms with Crippen LogP contribution in [0.4, 0.5) is 0 Å². The number of aromatic nitrogens is 3. The molecule has 5 nitrogen and oxygen atoms in total. The van der Waals surface area contributed by atoms with Gasteiger partial charge in [0.2, 0.25) is 5.91 Å². The molecule has 0 spiro atoms. The zero-order valence-electron chi connectivity index (χ0n) is 16.0. The molecular formula is C20H24N4OS2. The van der Waals surface area contributed by atoms with Crippen molar-refractivity contribution in [3.05, 3.63) is 51.7 Å². The number of rotatable bonds is 7. The van der Waals surface area contributed by atoms with Gasteiger partial charge in [-0.1, -0.05) is 49.0 Å². The maximum absolute atomic E-state index is 12.3. The molecule has 142 valence electrons. The summed E-state index contributed by atoms with van der Waals surface area (Å²) in [5, 5.41) is 14.6. The Hall–Kier alpha value is -2.12. The van der Waals surface area contributed by atoms with Crippen molar-refractivity contribution in [3.8, 4) is 11.4 Å². The van der Waals surface area contributed by atoms with Crippen LogP contribution in [0.2, 0.25) is 0 Å². The van der Waals surface area contributed by atoms with E-state index >= 15 is 0 Å². The highest BCUT2D eigenvalue weighted by Gasteiger charge is 2.18. The van der Waals surface area contributed by atoms with Crippen LogP contribution in [0, 0.1) is 6.92 Å². The van der Waals surface area contributed by atoms with E-state index < -0.39 is 0 Å². The normalized spacial score (nSPS) is 12.1. The van der Waals surface area contributed by atoms with E-state index in [9.17, 15) is 4.79 Å². The van der Waals surface area contributed by atoms with Crippen molar-refractivity contribution in [1.29, 1.82) is 0 Å². The van der Waals surface area contributed by atoms with E-state index in [1.165, 1.54) is 22.2 Å². The average Bonchev–Trinajstić information content (AvgIpc) is 3.22. The maximum atomic E-state index is 12.3. The molecule has 2 heterocycles. The van der Waals surface area contributed by atoms with Gasteiger partial charge >= 0.3 is 0 Å². The zero-order valence-corrected chi connectivity index (χ0v) is 17.7. The molecule has 0 bridgehead atoms. The molecule has 3 aromatic rings. The lowest BCUT2D eigenvalue weighted by Crippen LogP contribution is -2.28. The second kappa shape index (κ2) is 8.71. The molecule has 1 N–H and O–H groups in total. The molecule has 1 amide bonds. The first-order valence-corrected chi connectivity index (χ1v) is 10.8. The Morgan fingerprint density at radius 3 is 2.74 bits per heavy atom. The Morgan fingerprint density at radius 1 is 1.30 bits per heavy atom. The molecule has 0 radical (unpaired) electrons. The number of hydrogen-bond donors (Lipinski definition) is 1. The topological polar surface area (TPSA) is 59.8 Å². The second-order valence-corrected chi connectivity index (χ2v) is 8.42. The molecule has 1 aromatic carbocycles. The lowest BCUT2D eigenvalue weighted by molar-refractivity contribution is -0.119. The van der Waals surface area contributed by atoms with Gasteiger partial charge in [0.1, 0.15) is 0 Å². The number of benzene rings is 1. The summed E-state index contributed by atoms with van der Waals surface area (Å²) in [6.45, 7) is 6.28. The molecule has 0 aliphatic heterocycles. The van der Waals surface area contributed by atoms with Crippen LogP contribution in [0.5, 0.6) is 0 Å². The number of hydrogen-bond acceptors (Lipinski definition) is 5. The standard InChI is InChI=1S/C20H24N4OS2/c1-5-16-14(3)26-11-17(16)19-22-23-20(24(19)4)27-12-18(25)21-13(2)15-9-7-6-8-10-15/h6-11,13H,5,12H2,1-4H3,(H,21,25). The summed E-state index contributed by atoms with van der Waals surface area (Å²) >= 11 is 3.15. The lowest BCUT2D eigenvalue weighted by atomic mass is 10.1. The Balaban J connectivity index is 1.63. The molecule has 0 aliphatic rings. The van der Waals surface area contributed by atoms with Crippen LogP contribution in [0.15, 0.2) is 40.9 Å². The summed E-state index contributed by atoms with van der Waals surface area (Å²) < 4.78 is 1.97. The second-order valence-electron chi connectivity index (χ2n) is 6.39. The summed E-state index contributed by atoms with van der Waals surface area (Å²) in [5.74, 6) is 1.16. The van der Waals surface area contributed by atoms with Crippen LogP contribution in [-0.2, 0) is 18.3 Å². The van der Waals surface area contributed by atoms with E-state index in [0.29, 0.717) is 5.75 Å². The highest BCUT2D eigenvalue weighted by atomic mass is 32.2. The largest absolute Gasteiger partial charge is 0.349 e. The molecule has 0 saturated carbocycles. The fraction of sp³-hybridized carbons (Fsp3) is 0.350. The lowest BCUT2D eigenvalue weighted by Gasteiger charge is -2.14. The third-order valence-corrected chi connectivity index (χ3v) is 6.52. The number of thioether (sulfide) groups is 1. The van der Waals surface area contributed by atoms with Crippen LogP contribution in [0.25, 0.3) is 11.4 Å². The fourth-order valence-corrected chi connectivity index (χ4v) is 4.68. The number of carbonyl (C=O) groups is 1. The number of aryl methyl sites for hydroxylation is 1. The van der Waals surface area contributed by atoms with Crippen LogP contribution in [0.1, 0.15) is 35.9 Å². The van der Waals surface area contributed by atoms with Gasteiger partial charge in [0.05, 0.1) is 11.8 Å². The third kappa shape index (κ3) is 4.42. The van der Waals surface area contributed by atoms with Gasteiger partial charge < -0.3 is 9.88 Å². The Kier molecular flexibility index (Phi) is 6.34. The minimum absolute atomic E-state index is 0.0125. The molecule has 3 rings (SSSR count). The van der Waals surface area contributed by atoms with Gasteiger partial charge in [-0.3, -0.25) is 4.79 Å². The van der Waals surface area contributed by atoms with Crippen LogP contribution >= 0.6 is 23.1 Å². The van der Waals surface area contributed by atoms with Gasteiger partial charge in [0, 0.05) is 22.9 Å². The summed E-state index contributed by atoms with van der Waals surface area (Å²) in [4.78, 5) is 13.6. The number of carbonyl (C=O) groups excluding carboxylic acids is 1. The number of thiophene rings is 1. The predicted octanol–water partition coefficient (Wildman–Crippen LogP) is 4.38. The molecule has 2 aromatic heterocycles. The average molecular weight is 401 g/mol. The first kappa shape index (κ1) is 19.6. The predicted molar refractivity (Wildman–Crippen MR) is 112 cm³/mol. The highest BCUT2D eigenvalue weighted by molar-refractivity contribution is 7.99. The van der Waals surface area contributed by atoms with Gasteiger partial charge in [-0.25, -0.2) is 0 Å². The van der Waals surface area contributed by atoms with Crippen molar-refractivity contribution in [2.75, 3.05) is 5.75 Å². The summed E-state index contributed by atoms with van der Waals surface area (Å²) in [6, 6.07) is 9.94. The van der Waals surface area contributed by atoms with Gasteiger partial charge in [0.15, 0.2) is 11.0 Å². The first-order chi connectivity index (χ1) is 13.0. The molecule has 27 heavy (non-hydrogen) atoms. The van der Waals surface area contributed by atoms with Crippen LogP contribution in [0.3, 0.4) is 0 Å². The Labute approximate surface area is 168 Å². The van der Waals surface area contributed by atoms with Crippen molar-refractivity contribution < 1.29 is 4.79 Å². The van der Waals surface area contributed by atoms with Gasteiger partial charge in [-0.05, 0) is 31.4 Å². The van der Waals surface area contributed by atoms with Gasteiger partial charge in [0.25, 0.3) is 0 Å². The molecule has 7 heteroatoms. The SMILES string of the molecule is CCc1c(-c2nnc(SCC(=O)NC(C)c3ccccc3)n2C)csc1C. The third-order valence-electron chi connectivity index (χ3n) is 4.54. The quantitative estimate of drug-likeness (QED) is 0.598. The van der Waals surface area contributed by atoms with Gasteiger partial charge in [-0.2, -0.15) is 0 Å². The Bertz CT molecular complexity index is 917. The van der Waals surface area contributed by atoms with E-state index in [1.54, 1.807) is 11.3 Å².